The number of carbonyl (C=O) groups excluding carboxylic acids is 1. The maximum absolute atomic E-state index is 14.1. The summed E-state index contributed by atoms with van der Waals surface area (Å²) in [6, 6.07) is 0.396. The second kappa shape index (κ2) is 6.27. The van der Waals surface area contributed by atoms with Crippen LogP contribution in [0.3, 0.4) is 0 Å². The molecule has 2 heterocycles. The van der Waals surface area contributed by atoms with Crippen LogP contribution < -0.4 is 5.32 Å². The van der Waals surface area contributed by atoms with Crippen molar-refractivity contribution in [3.8, 4) is 0 Å². The first-order chi connectivity index (χ1) is 13.0. The van der Waals surface area contributed by atoms with Crippen LogP contribution in [0.2, 0.25) is 0 Å². The minimum Gasteiger partial charge on any atom is -0.359 e. The molecule has 1 aromatic rings. The molecule has 3 aliphatic carbocycles. The number of anilines is 1. The van der Waals surface area contributed by atoms with E-state index < -0.39 is 30.2 Å². The van der Waals surface area contributed by atoms with Crippen LogP contribution >= 0.6 is 0 Å². The predicted octanol–water partition coefficient (Wildman–Crippen LogP) is 2.95. The number of rotatable bonds is 5. The van der Waals surface area contributed by atoms with E-state index in [9.17, 15) is 22.4 Å². The fourth-order valence-corrected chi connectivity index (χ4v) is 4.72. The lowest BCUT2D eigenvalue weighted by Crippen LogP contribution is -2.64. The highest BCUT2D eigenvalue weighted by molar-refractivity contribution is 5.85. The quantitative estimate of drug-likeness (QED) is 0.767. The van der Waals surface area contributed by atoms with E-state index in [1.165, 1.54) is 18.2 Å². The van der Waals surface area contributed by atoms with Gasteiger partial charge in [0.1, 0.15) is 30.0 Å². The van der Waals surface area contributed by atoms with Crippen molar-refractivity contribution in [2.75, 3.05) is 11.9 Å². The Kier molecular flexibility index (Phi) is 4.33. The molecule has 2 bridgehead atoms. The first kappa shape index (κ1) is 19.4. The number of hydrogen-bond acceptors (Lipinski definition) is 5. The lowest BCUT2D eigenvalue weighted by atomic mass is 9.66. The average molecular weight is 402 g/mol. The van der Waals surface area contributed by atoms with Gasteiger partial charge in [0.15, 0.2) is 0 Å². The van der Waals surface area contributed by atoms with E-state index in [2.05, 4.69) is 20.0 Å². The number of alkyl halides is 4. The van der Waals surface area contributed by atoms with Gasteiger partial charge in [0.2, 0.25) is 5.91 Å². The number of nitrogens with zero attached hydrogens (tertiary/aromatic N) is 3. The highest BCUT2D eigenvalue weighted by Gasteiger charge is 2.63. The molecule has 1 saturated heterocycles. The van der Waals surface area contributed by atoms with E-state index in [0.717, 1.165) is 12.1 Å². The molecule has 3 saturated carbocycles. The van der Waals surface area contributed by atoms with Gasteiger partial charge in [0.05, 0.1) is 11.7 Å². The smallest absolute Gasteiger partial charge is 0.359 e. The average Bonchev–Trinajstić information content (AvgIpc) is 3.11. The first-order valence-electron chi connectivity index (χ1n) is 9.33. The third kappa shape index (κ3) is 3.31. The molecule has 3 atom stereocenters. The number of ether oxygens (including phenoxy) is 1. The minimum absolute atomic E-state index is 0.109. The maximum Gasteiger partial charge on any atom is 0.522 e. The Labute approximate surface area is 159 Å². The van der Waals surface area contributed by atoms with Gasteiger partial charge in [-0.2, -0.15) is 0 Å². The molecule has 0 aromatic carbocycles. The van der Waals surface area contributed by atoms with Gasteiger partial charge < -0.3 is 10.2 Å². The fraction of sp³-hybridized carbons (Fsp3) is 0.722. The molecule has 6 nitrogen and oxygen atoms in total. The molecular formula is C18H22F4N4O2. The molecule has 4 fully saturated rings. The topological polar surface area (TPSA) is 67.4 Å². The van der Waals surface area contributed by atoms with Crippen molar-refractivity contribution >= 4 is 11.7 Å². The number of aromatic nitrogens is 2. The van der Waals surface area contributed by atoms with Crippen LogP contribution in [-0.2, 0) is 14.9 Å². The second-order valence-corrected chi connectivity index (χ2v) is 8.27. The molecule has 0 spiro atoms. The summed E-state index contributed by atoms with van der Waals surface area (Å²) in [6.45, 7) is 3.03. The summed E-state index contributed by atoms with van der Waals surface area (Å²) >= 11 is 0. The number of nitrogens with one attached hydrogen (secondary N) is 1. The summed E-state index contributed by atoms with van der Waals surface area (Å²) in [5, 5.41) is 2.98. The van der Waals surface area contributed by atoms with E-state index in [4.69, 9.17) is 0 Å². The van der Waals surface area contributed by atoms with Crippen LogP contribution in [0, 0.1) is 0 Å². The van der Waals surface area contributed by atoms with Gasteiger partial charge in [-0.1, -0.05) is 0 Å². The summed E-state index contributed by atoms with van der Waals surface area (Å²) in [5.74, 6) is 0.111. The summed E-state index contributed by atoms with van der Waals surface area (Å²) in [5.41, 5.74) is -0.536. The summed E-state index contributed by atoms with van der Waals surface area (Å²) in [4.78, 5) is 22.3. The Morgan fingerprint density at radius 3 is 2.64 bits per heavy atom. The third-order valence-corrected chi connectivity index (χ3v) is 6.28. The number of hydrogen-bond donors (Lipinski definition) is 1. The van der Waals surface area contributed by atoms with Crippen LogP contribution in [0.15, 0.2) is 12.4 Å². The van der Waals surface area contributed by atoms with E-state index in [1.807, 2.05) is 0 Å². The predicted molar refractivity (Wildman–Crippen MR) is 91.2 cm³/mol. The monoisotopic (exact) mass is 402 g/mol. The summed E-state index contributed by atoms with van der Waals surface area (Å²) in [7, 11) is 0. The van der Waals surface area contributed by atoms with Crippen LogP contribution in [-0.4, -0.2) is 57.5 Å². The highest BCUT2D eigenvalue weighted by Crippen LogP contribution is 2.63. The molecule has 1 aliphatic heterocycles. The molecular weight excluding hydrogens is 380 g/mol. The fourth-order valence-electron chi connectivity index (χ4n) is 4.72. The number of amides is 1. The third-order valence-electron chi connectivity index (χ3n) is 6.28. The molecule has 0 radical (unpaired) electrons. The van der Waals surface area contributed by atoms with E-state index >= 15 is 0 Å². The van der Waals surface area contributed by atoms with Gasteiger partial charge in [-0.15, -0.1) is 13.2 Å². The Morgan fingerprint density at radius 1 is 1.36 bits per heavy atom. The molecule has 4 aliphatic rings. The van der Waals surface area contributed by atoms with Gasteiger partial charge in [-0.3, -0.25) is 9.53 Å². The van der Waals surface area contributed by atoms with Crippen LogP contribution in [0.4, 0.5) is 23.4 Å². The number of carbonyl (C=O) groups is 1. The zero-order valence-electron chi connectivity index (χ0n) is 15.6. The highest BCUT2D eigenvalue weighted by atomic mass is 19.4. The van der Waals surface area contributed by atoms with Crippen molar-refractivity contribution in [2.24, 2.45) is 0 Å². The number of halogens is 4. The molecule has 10 heteroatoms. The molecule has 1 aromatic heterocycles. The number of likely N-dealkylation sites (tertiary alicyclic amines) is 1. The zero-order valence-corrected chi connectivity index (χ0v) is 15.6. The lowest BCUT2D eigenvalue weighted by molar-refractivity contribution is -0.359. The van der Waals surface area contributed by atoms with E-state index in [1.54, 1.807) is 13.0 Å². The molecule has 154 valence electrons. The Bertz CT molecular complexity index is 781. The van der Waals surface area contributed by atoms with Crippen molar-refractivity contribution in [3.05, 3.63) is 18.1 Å². The Balaban J connectivity index is 1.36. The molecule has 0 unspecified atom stereocenters. The molecule has 1 N–H and O–H groups in total. The SMILES string of the molecule is C[C@@H](Nc1cc(C23CCC(F)(C2)C3)ncn1)C(=O)N1C[C@H](OC(F)(F)F)[C@@H]1C. The van der Waals surface area contributed by atoms with Crippen molar-refractivity contribution < 1.29 is 27.1 Å². The van der Waals surface area contributed by atoms with Gasteiger partial charge >= 0.3 is 6.36 Å². The van der Waals surface area contributed by atoms with Gasteiger partial charge in [0.25, 0.3) is 0 Å². The molecule has 28 heavy (non-hydrogen) atoms. The minimum atomic E-state index is -4.71. The second-order valence-electron chi connectivity index (χ2n) is 8.27. The van der Waals surface area contributed by atoms with Crippen LogP contribution in [0.5, 0.6) is 0 Å². The van der Waals surface area contributed by atoms with Gasteiger partial charge in [-0.05, 0) is 39.5 Å². The van der Waals surface area contributed by atoms with Crippen molar-refractivity contribution in [1.29, 1.82) is 0 Å². The Hall–Kier alpha value is -1.97. The maximum atomic E-state index is 14.1. The molecule has 1 amide bonds. The van der Waals surface area contributed by atoms with Crippen LogP contribution in [0.25, 0.3) is 0 Å². The van der Waals surface area contributed by atoms with Gasteiger partial charge in [0, 0.05) is 18.0 Å². The van der Waals surface area contributed by atoms with E-state index in [-0.39, 0.29) is 17.9 Å². The standard InChI is InChI=1S/C18H22F4N4O2/c1-10(15(27)26-6-12(11(26)2)28-18(20,21)22)25-14-5-13(23-9-24-14)16-3-4-17(19,7-16)8-16/h5,9-12H,3-4,6-8H2,1-2H3,(H,23,24,25)/t10-,11+,12+,16?,17?/m1/s1. The van der Waals surface area contributed by atoms with Crippen molar-refractivity contribution in [3.63, 3.8) is 0 Å². The summed E-state index contributed by atoms with van der Waals surface area (Å²) < 4.78 is 55.1. The zero-order chi connectivity index (χ0) is 20.3. The number of fused-ring (bicyclic) bond motifs is 1. The Morgan fingerprint density at radius 2 is 2.07 bits per heavy atom. The lowest BCUT2D eigenvalue weighted by Gasteiger charge is -2.46. The first-order valence-corrected chi connectivity index (χ1v) is 9.33. The molecule has 5 rings (SSSR count). The van der Waals surface area contributed by atoms with E-state index in [0.29, 0.717) is 25.1 Å². The van der Waals surface area contributed by atoms with Gasteiger partial charge in [-0.25, -0.2) is 14.4 Å². The largest absolute Gasteiger partial charge is 0.522 e. The van der Waals surface area contributed by atoms with Crippen molar-refractivity contribution in [2.45, 2.75) is 75.2 Å². The normalized spacial score (nSPS) is 35.1. The van der Waals surface area contributed by atoms with Crippen molar-refractivity contribution in [1.82, 2.24) is 14.9 Å². The summed E-state index contributed by atoms with van der Waals surface area (Å²) in [6.07, 6.45) is -2.15. The van der Waals surface area contributed by atoms with Crippen LogP contribution in [0.1, 0.15) is 45.2 Å².